The molecular weight excluding hydrogens is 234 g/mol. The number of rotatable bonds is 8. The molecule has 0 saturated carbocycles. The van der Waals surface area contributed by atoms with E-state index in [1.165, 1.54) is 30.4 Å². The van der Waals surface area contributed by atoms with E-state index in [0.717, 1.165) is 25.1 Å². The zero-order chi connectivity index (χ0) is 14.3. The van der Waals surface area contributed by atoms with E-state index >= 15 is 0 Å². The molecule has 0 heterocycles. The quantitative estimate of drug-likeness (QED) is 0.720. The molecule has 108 valence electrons. The maximum Gasteiger partial charge on any atom is 0.0802 e. The predicted octanol–water partition coefficient (Wildman–Crippen LogP) is 3.85. The van der Waals surface area contributed by atoms with E-state index < -0.39 is 0 Å². The van der Waals surface area contributed by atoms with Crippen molar-refractivity contribution in [3.05, 3.63) is 34.9 Å². The molecule has 0 bridgehead atoms. The molecule has 1 atom stereocenters. The number of hydrogen-bond donors (Lipinski definition) is 1. The van der Waals surface area contributed by atoms with Crippen molar-refractivity contribution >= 4 is 0 Å². The van der Waals surface area contributed by atoms with Crippen LogP contribution < -0.4 is 0 Å². The van der Waals surface area contributed by atoms with Crippen LogP contribution in [0.25, 0.3) is 0 Å². The van der Waals surface area contributed by atoms with Crippen LogP contribution in [-0.4, -0.2) is 30.1 Å². The third kappa shape index (κ3) is 6.22. The Bertz CT molecular complexity index is 355. The molecule has 1 unspecified atom stereocenters. The number of benzene rings is 1. The van der Waals surface area contributed by atoms with Gasteiger partial charge in [0, 0.05) is 6.54 Å². The second-order valence-electron chi connectivity index (χ2n) is 5.74. The van der Waals surface area contributed by atoms with Gasteiger partial charge in [-0.3, -0.25) is 0 Å². The molecule has 0 aromatic heterocycles. The van der Waals surface area contributed by atoms with Crippen molar-refractivity contribution in [2.45, 2.75) is 52.6 Å². The fraction of sp³-hybridized carbons (Fsp3) is 0.647. The summed E-state index contributed by atoms with van der Waals surface area (Å²) in [5, 5.41) is 10.3. The first-order chi connectivity index (χ1) is 9.02. The summed E-state index contributed by atoms with van der Waals surface area (Å²) in [6.45, 7) is 8.48. The van der Waals surface area contributed by atoms with Crippen molar-refractivity contribution in [1.82, 2.24) is 4.90 Å². The minimum absolute atomic E-state index is 0.341. The molecule has 1 aromatic carbocycles. The summed E-state index contributed by atoms with van der Waals surface area (Å²) in [5.41, 5.74) is 3.51. The number of unbranched alkanes of at least 4 members (excludes halogenated alkanes) is 2. The van der Waals surface area contributed by atoms with Crippen LogP contribution in [0.3, 0.4) is 0 Å². The first kappa shape index (κ1) is 16.2. The molecule has 0 aliphatic rings. The van der Waals surface area contributed by atoms with Crippen molar-refractivity contribution < 1.29 is 5.11 Å². The van der Waals surface area contributed by atoms with E-state index in [9.17, 15) is 5.11 Å². The van der Waals surface area contributed by atoms with Crippen LogP contribution in [0.2, 0.25) is 0 Å². The van der Waals surface area contributed by atoms with E-state index in [1.807, 2.05) is 0 Å². The van der Waals surface area contributed by atoms with Crippen LogP contribution in [0, 0.1) is 13.8 Å². The lowest BCUT2D eigenvalue weighted by molar-refractivity contribution is 0.148. The van der Waals surface area contributed by atoms with Crippen molar-refractivity contribution in [3.63, 3.8) is 0 Å². The Morgan fingerprint density at radius 3 is 2.26 bits per heavy atom. The Kier molecular flexibility index (Phi) is 7.11. The van der Waals surface area contributed by atoms with Gasteiger partial charge >= 0.3 is 0 Å². The average Bonchev–Trinajstić information content (AvgIpc) is 2.35. The highest BCUT2D eigenvalue weighted by molar-refractivity contribution is 5.29. The molecule has 2 heteroatoms. The fourth-order valence-corrected chi connectivity index (χ4v) is 2.46. The first-order valence-electron chi connectivity index (χ1n) is 7.47. The van der Waals surface area contributed by atoms with E-state index in [0.29, 0.717) is 0 Å². The lowest BCUT2D eigenvalue weighted by atomic mass is 10.0. The van der Waals surface area contributed by atoms with Gasteiger partial charge < -0.3 is 10.0 Å². The third-order valence-corrected chi connectivity index (χ3v) is 3.56. The van der Waals surface area contributed by atoms with Crippen LogP contribution in [0.5, 0.6) is 0 Å². The zero-order valence-corrected chi connectivity index (χ0v) is 12.9. The molecule has 0 aliphatic carbocycles. The molecule has 0 amide bonds. The second-order valence-corrected chi connectivity index (χ2v) is 5.74. The monoisotopic (exact) mass is 263 g/mol. The molecular formula is C17H29NO. The first-order valence-corrected chi connectivity index (χ1v) is 7.47. The minimum Gasteiger partial charge on any atom is -0.388 e. The normalized spacial score (nSPS) is 12.9. The fourth-order valence-electron chi connectivity index (χ4n) is 2.46. The van der Waals surface area contributed by atoms with Gasteiger partial charge in [0.25, 0.3) is 0 Å². The van der Waals surface area contributed by atoms with E-state index in [2.05, 4.69) is 50.9 Å². The number of hydrogen-bond acceptors (Lipinski definition) is 2. The van der Waals surface area contributed by atoms with Gasteiger partial charge in [0.15, 0.2) is 0 Å². The van der Waals surface area contributed by atoms with Gasteiger partial charge in [0.2, 0.25) is 0 Å². The predicted molar refractivity (Wildman–Crippen MR) is 82.5 cm³/mol. The Morgan fingerprint density at radius 1 is 1.05 bits per heavy atom. The Labute approximate surface area is 118 Å². The Hall–Kier alpha value is -0.860. The summed E-state index contributed by atoms with van der Waals surface area (Å²) in [4.78, 5) is 2.32. The van der Waals surface area contributed by atoms with E-state index in [4.69, 9.17) is 0 Å². The van der Waals surface area contributed by atoms with Crippen molar-refractivity contribution in [3.8, 4) is 0 Å². The van der Waals surface area contributed by atoms with Crippen molar-refractivity contribution in [1.29, 1.82) is 0 Å². The largest absolute Gasteiger partial charge is 0.388 e. The highest BCUT2D eigenvalue weighted by atomic mass is 16.3. The molecule has 19 heavy (non-hydrogen) atoms. The smallest absolute Gasteiger partial charge is 0.0802 e. The standard InChI is InChI=1S/C17H29NO/c1-5-6-7-9-18(4)10-8-17(19)16-12-14(2)11-15(3)13-16/h11-13,17,19H,5-10H2,1-4H3. The highest BCUT2D eigenvalue weighted by Gasteiger charge is 2.09. The summed E-state index contributed by atoms with van der Waals surface area (Å²) in [7, 11) is 2.14. The van der Waals surface area contributed by atoms with Gasteiger partial charge in [-0.1, -0.05) is 49.1 Å². The lowest BCUT2D eigenvalue weighted by Crippen LogP contribution is -2.22. The summed E-state index contributed by atoms with van der Waals surface area (Å²) in [6, 6.07) is 6.33. The molecule has 1 rings (SSSR count). The molecule has 0 radical (unpaired) electrons. The minimum atomic E-state index is -0.341. The van der Waals surface area contributed by atoms with Gasteiger partial charge in [0.05, 0.1) is 6.10 Å². The van der Waals surface area contributed by atoms with Gasteiger partial charge in [-0.2, -0.15) is 0 Å². The van der Waals surface area contributed by atoms with Crippen LogP contribution in [-0.2, 0) is 0 Å². The lowest BCUT2D eigenvalue weighted by Gasteiger charge is -2.19. The molecule has 1 aromatic rings. The van der Waals surface area contributed by atoms with Crippen LogP contribution in [0.15, 0.2) is 18.2 Å². The molecule has 0 saturated heterocycles. The van der Waals surface area contributed by atoms with Crippen LogP contribution in [0.4, 0.5) is 0 Å². The Balaban J connectivity index is 2.39. The summed E-state index contributed by atoms with van der Waals surface area (Å²) in [5.74, 6) is 0. The zero-order valence-electron chi connectivity index (χ0n) is 12.9. The molecule has 2 nitrogen and oxygen atoms in total. The number of nitrogens with zero attached hydrogens (tertiary/aromatic N) is 1. The molecule has 0 spiro atoms. The van der Waals surface area contributed by atoms with Crippen LogP contribution >= 0.6 is 0 Å². The molecule has 1 N–H and O–H groups in total. The number of aryl methyl sites for hydroxylation is 2. The SMILES string of the molecule is CCCCCN(C)CCC(O)c1cc(C)cc(C)c1. The number of aliphatic hydroxyl groups is 1. The maximum absolute atomic E-state index is 10.3. The summed E-state index contributed by atoms with van der Waals surface area (Å²) < 4.78 is 0. The van der Waals surface area contributed by atoms with Crippen LogP contribution in [0.1, 0.15) is 55.4 Å². The van der Waals surface area contributed by atoms with Gasteiger partial charge in [-0.25, -0.2) is 0 Å². The van der Waals surface area contributed by atoms with E-state index in [1.54, 1.807) is 0 Å². The van der Waals surface area contributed by atoms with Gasteiger partial charge in [-0.05, 0) is 45.8 Å². The number of aliphatic hydroxyl groups excluding tert-OH is 1. The van der Waals surface area contributed by atoms with Gasteiger partial charge in [0.1, 0.15) is 0 Å². The average molecular weight is 263 g/mol. The Morgan fingerprint density at radius 2 is 1.68 bits per heavy atom. The second kappa shape index (κ2) is 8.34. The molecule has 0 aliphatic heterocycles. The third-order valence-electron chi connectivity index (χ3n) is 3.56. The molecule has 0 fully saturated rings. The van der Waals surface area contributed by atoms with Crippen molar-refractivity contribution in [2.75, 3.05) is 20.1 Å². The maximum atomic E-state index is 10.3. The van der Waals surface area contributed by atoms with E-state index in [-0.39, 0.29) is 6.10 Å². The summed E-state index contributed by atoms with van der Waals surface area (Å²) >= 11 is 0. The summed E-state index contributed by atoms with van der Waals surface area (Å²) in [6.07, 6.45) is 4.29. The van der Waals surface area contributed by atoms with Crippen molar-refractivity contribution in [2.24, 2.45) is 0 Å². The topological polar surface area (TPSA) is 23.5 Å². The van der Waals surface area contributed by atoms with Gasteiger partial charge in [-0.15, -0.1) is 0 Å². The highest BCUT2D eigenvalue weighted by Crippen LogP contribution is 2.20.